The Morgan fingerprint density at radius 1 is 1.05 bits per heavy atom. The Bertz CT molecular complexity index is 679. The second-order valence-corrected chi connectivity index (χ2v) is 6.63. The van der Waals surface area contributed by atoms with Crippen LogP contribution in [0.25, 0.3) is 0 Å². The van der Waals surface area contributed by atoms with Crippen molar-refractivity contribution in [3.05, 3.63) is 67.8 Å². The molecule has 0 radical (unpaired) electrons. The number of carbonyl (C=O) groups excluding carboxylic acids is 1. The summed E-state index contributed by atoms with van der Waals surface area (Å²) < 4.78 is 0.969. The van der Waals surface area contributed by atoms with Crippen molar-refractivity contribution in [3.8, 4) is 0 Å². The molecule has 2 aromatic rings. The van der Waals surface area contributed by atoms with E-state index in [0.29, 0.717) is 0 Å². The highest BCUT2D eigenvalue weighted by atomic mass is 127. The van der Waals surface area contributed by atoms with Gasteiger partial charge >= 0.3 is 0 Å². The van der Waals surface area contributed by atoms with Crippen LogP contribution >= 0.6 is 22.6 Å². The van der Waals surface area contributed by atoms with Crippen LogP contribution in [0.1, 0.15) is 45.6 Å². The van der Waals surface area contributed by atoms with Gasteiger partial charge in [-0.15, -0.1) is 0 Å². The van der Waals surface area contributed by atoms with Crippen molar-refractivity contribution in [1.82, 2.24) is 5.32 Å². The third kappa shape index (κ3) is 3.64. The van der Waals surface area contributed by atoms with E-state index in [0.717, 1.165) is 9.13 Å². The van der Waals surface area contributed by atoms with Gasteiger partial charge in [-0.3, -0.25) is 4.79 Å². The second kappa shape index (κ2) is 6.60. The number of rotatable bonds is 3. The van der Waals surface area contributed by atoms with Crippen molar-refractivity contribution in [3.63, 3.8) is 0 Å². The zero-order chi connectivity index (χ0) is 15.6. The smallest absolute Gasteiger partial charge is 0.252 e. The summed E-state index contributed by atoms with van der Waals surface area (Å²) in [6, 6.07) is 12.0. The third-order valence-corrected chi connectivity index (χ3v) is 4.76. The fourth-order valence-electron chi connectivity index (χ4n) is 2.45. The molecule has 0 saturated carbocycles. The molecular formula is C18H20INO. The maximum atomic E-state index is 12.4. The van der Waals surface area contributed by atoms with Crippen LogP contribution in [-0.4, -0.2) is 5.91 Å². The van der Waals surface area contributed by atoms with Crippen LogP contribution in [0.3, 0.4) is 0 Å². The number of hydrogen-bond donors (Lipinski definition) is 1. The summed E-state index contributed by atoms with van der Waals surface area (Å²) in [5.41, 5.74) is 5.66. The van der Waals surface area contributed by atoms with E-state index in [1.54, 1.807) is 0 Å². The molecule has 0 fully saturated rings. The minimum atomic E-state index is -0.0230. The van der Waals surface area contributed by atoms with Crippen molar-refractivity contribution < 1.29 is 4.79 Å². The Morgan fingerprint density at radius 3 is 2.33 bits per heavy atom. The predicted molar refractivity (Wildman–Crippen MR) is 95.7 cm³/mol. The van der Waals surface area contributed by atoms with Gasteiger partial charge in [0.2, 0.25) is 0 Å². The molecule has 0 spiro atoms. The molecule has 0 saturated heterocycles. The molecule has 0 unspecified atom stereocenters. The van der Waals surface area contributed by atoms with Crippen LogP contribution in [-0.2, 0) is 0 Å². The van der Waals surface area contributed by atoms with Crippen molar-refractivity contribution >= 4 is 28.5 Å². The molecule has 0 aliphatic rings. The molecule has 0 aromatic heterocycles. The molecular weight excluding hydrogens is 373 g/mol. The summed E-state index contributed by atoms with van der Waals surface area (Å²) in [6.07, 6.45) is 0. The van der Waals surface area contributed by atoms with Crippen molar-refractivity contribution in [2.24, 2.45) is 0 Å². The Hall–Kier alpha value is -1.36. The van der Waals surface area contributed by atoms with Crippen LogP contribution in [0.4, 0.5) is 0 Å². The molecule has 2 nitrogen and oxygen atoms in total. The van der Waals surface area contributed by atoms with Gasteiger partial charge < -0.3 is 5.32 Å². The average molecular weight is 393 g/mol. The summed E-state index contributed by atoms with van der Waals surface area (Å²) in [5.74, 6) is -0.0230. The highest BCUT2D eigenvalue weighted by molar-refractivity contribution is 14.1. The molecule has 0 aliphatic carbocycles. The van der Waals surface area contributed by atoms with E-state index in [-0.39, 0.29) is 11.9 Å². The number of amides is 1. The van der Waals surface area contributed by atoms with Crippen molar-refractivity contribution in [2.75, 3.05) is 0 Å². The summed E-state index contributed by atoms with van der Waals surface area (Å²) in [7, 11) is 0. The maximum absolute atomic E-state index is 12.4. The van der Waals surface area contributed by atoms with E-state index in [4.69, 9.17) is 0 Å². The molecule has 1 amide bonds. The van der Waals surface area contributed by atoms with E-state index in [1.807, 2.05) is 31.2 Å². The first kappa shape index (κ1) is 16.0. The topological polar surface area (TPSA) is 29.1 Å². The predicted octanol–water partition coefficient (Wildman–Crippen LogP) is 4.71. The van der Waals surface area contributed by atoms with Gasteiger partial charge in [0.25, 0.3) is 5.91 Å². The van der Waals surface area contributed by atoms with Gasteiger partial charge in [0.1, 0.15) is 0 Å². The van der Waals surface area contributed by atoms with E-state index < -0.39 is 0 Å². The molecule has 2 rings (SSSR count). The number of hydrogen-bond acceptors (Lipinski definition) is 1. The third-order valence-electron chi connectivity index (χ3n) is 3.81. The summed E-state index contributed by atoms with van der Waals surface area (Å²) in [5, 5.41) is 3.10. The second-order valence-electron chi connectivity index (χ2n) is 5.47. The fourth-order valence-corrected chi connectivity index (χ4v) is 3.08. The van der Waals surface area contributed by atoms with E-state index in [2.05, 4.69) is 60.8 Å². The standard InChI is InChI=1S/C18H20INO/c1-11-9-13(3)16(10-12(11)2)14(4)20-18(21)15-7-5-6-8-17(15)19/h5-10,14H,1-4H3,(H,20,21)/t14-/m1/s1. The first-order chi connectivity index (χ1) is 9.90. The van der Waals surface area contributed by atoms with Gasteiger partial charge in [0, 0.05) is 3.57 Å². The van der Waals surface area contributed by atoms with Crippen LogP contribution in [0.5, 0.6) is 0 Å². The highest BCUT2D eigenvalue weighted by Crippen LogP contribution is 2.22. The number of halogens is 1. The molecule has 0 heterocycles. The molecule has 110 valence electrons. The molecule has 2 aromatic carbocycles. The van der Waals surface area contributed by atoms with Crippen LogP contribution in [0, 0.1) is 24.3 Å². The van der Waals surface area contributed by atoms with Gasteiger partial charge in [-0.25, -0.2) is 0 Å². The summed E-state index contributed by atoms with van der Waals surface area (Å²) in [6.45, 7) is 8.34. The lowest BCUT2D eigenvalue weighted by Gasteiger charge is -2.19. The molecule has 0 aliphatic heterocycles. The molecule has 3 heteroatoms. The zero-order valence-corrected chi connectivity index (χ0v) is 15.0. The van der Waals surface area contributed by atoms with Crippen molar-refractivity contribution in [2.45, 2.75) is 33.7 Å². The van der Waals surface area contributed by atoms with Crippen molar-refractivity contribution in [1.29, 1.82) is 0 Å². The van der Waals surface area contributed by atoms with Gasteiger partial charge in [0.15, 0.2) is 0 Å². The van der Waals surface area contributed by atoms with Crippen LogP contribution in [0.15, 0.2) is 36.4 Å². The highest BCUT2D eigenvalue weighted by Gasteiger charge is 2.15. The quantitative estimate of drug-likeness (QED) is 0.753. The minimum absolute atomic E-state index is 0.00666. The summed E-state index contributed by atoms with van der Waals surface area (Å²) >= 11 is 2.19. The van der Waals surface area contributed by atoms with E-state index in [1.165, 1.54) is 22.3 Å². The van der Waals surface area contributed by atoms with Gasteiger partial charge in [0.05, 0.1) is 11.6 Å². The Morgan fingerprint density at radius 2 is 1.67 bits per heavy atom. The average Bonchev–Trinajstić information content (AvgIpc) is 2.43. The van der Waals surface area contributed by atoms with Gasteiger partial charge in [-0.05, 0) is 84.7 Å². The maximum Gasteiger partial charge on any atom is 0.252 e. The molecule has 1 atom stereocenters. The monoisotopic (exact) mass is 393 g/mol. The number of aryl methyl sites for hydroxylation is 3. The van der Waals surface area contributed by atoms with Gasteiger partial charge in [-0.2, -0.15) is 0 Å². The Balaban J connectivity index is 2.22. The Labute approximate surface area is 140 Å². The summed E-state index contributed by atoms with van der Waals surface area (Å²) in [4.78, 5) is 12.4. The van der Waals surface area contributed by atoms with Crippen LogP contribution in [0.2, 0.25) is 0 Å². The number of carbonyl (C=O) groups is 1. The SMILES string of the molecule is Cc1cc(C)c([C@@H](C)NC(=O)c2ccccc2I)cc1C. The van der Waals surface area contributed by atoms with Gasteiger partial charge in [-0.1, -0.05) is 24.3 Å². The first-order valence-corrected chi connectivity index (χ1v) is 8.11. The molecule has 0 bridgehead atoms. The first-order valence-electron chi connectivity index (χ1n) is 7.03. The molecule has 1 N–H and O–H groups in total. The Kier molecular flexibility index (Phi) is 5.04. The van der Waals surface area contributed by atoms with E-state index in [9.17, 15) is 4.79 Å². The lowest BCUT2D eigenvalue weighted by Crippen LogP contribution is -2.27. The number of benzene rings is 2. The minimum Gasteiger partial charge on any atom is -0.345 e. The zero-order valence-electron chi connectivity index (χ0n) is 12.8. The van der Waals surface area contributed by atoms with Crippen LogP contribution < -0.4 is 5.32 Å². The lowest BCUT2D eigenvalue weighted by molar-refractivity contribution is 0.0939. The number of nitrogens with one attached hydrogen (secondary N) is 1. The van der Waals surface area contributed by atoms with E-state index >= 15 is 0 Å². The molecule has 21 heavy (non-hydrogen) atoms. The normalized spacial score (nSPS) is 12.0. The fraction of sp³-hybridized carbons (Fsp3) is 0.278. The largest absolute Gasteiger partial charge is 0.345 e. The lowest BCUT2D eigenvalue weighted by atomic mass is 9.96.